The minimum atomic E-state index is -0.287. The maximum Gasteiger partial charge on any atom is 0.239 e. The van der Waals surface area contributed by atoms with Gasteiger partial charge in [0.15, 0.2) is 0 Å². The second-order valence-corrected chi connectivity index (χ2v) is 5.49. The Balaban J connectivity index is 1.76. The van der Waals surface area contributed by atoms with E-state index >= 15 is 0 Å². The fraction of sp³-hybridized carbons (Fsp3) is 0.562. The fourth-order valence-corrected chi connectivity index (χ4v) is 2.27. The lowest BCUT2D eigenvalue weighted by molar-refractivity contribution is -0.129. The molecule has 1 saturated heterocycles. The number of carbonyl (C=O) groups excluding carboxylic acids is 1. The molecular weight excluding hydrogens is 268 g/mol. The Hall–Kier alpha value is -1.59. The molecule has 1 fully saturated rings. The van der Waals surface area contributed by atoms with Crippen LogP contribution in [-0.2, 0) is 9.53 Å². The first kappa shape index (κ1) is 15.8. The van der Waals surface area contributed by atoms with Crippen LogP contribution >= 0.6 is 0 Å². The van der Waals surface area contributed by atoms with Gasteiger partial charge >= 0.3 is 0 Å². The van der Waals surface area contributed by atoms with E-state index in [9.17, 15) is 4.79 Å². The number of rotatable bonds is 5. The first-order valence-electron chi connectivity index (χ1n) is 7.42. The Morgan fingerprint density at radius 2 is 2.19 bits per heavy atom. The van der Waals surface area contributed by atoms with Crippen LogP contribution in [0.25, 0.3) is 0 Å². The van der Waals surface area contributed by atoms with Crippen molar-refractivity contribution in [3.05, 3.63) is 29.8 Å². The molecule has 1 unspecified atom stereocenters. The topological polar surface area (TPSA) is 59.6 Å². The monoisotopic (exact) mass is 292 g/mol. The highest BCUT2D eigenvalue weighted by Crippen LogP contribution is 2.13. The summed E-state index contributed by atoms with van der Waals surface area (Å²) in [6.45, 7) is 7.71. The molecule has 0 saturated carbocycles. The van der Waals surface area contributed by atoms with Crippen molar-refractivity contribution in [3.8, 4) is 5.75 Å². The fourth-order valence-electron chi connectivity index (χ4n) is 2.27. The van der Waals surface area contributed by atoms with Crippen LogP contribution in [0.5, 0.6) is 5.75 Å². The van der Waals surface area contributed by atoms with Crippen molar-refractivity contribution in [2.24, 2.45) is 0 Å². The molecular formula is C16H24N2O3. The van der Waals surface area contributed by atoms with Gasteiger partial charge in [0.05, 0.1) is 19.3 Å². The van der Waals surface area contributed by atoms with Gasteiger partial charge < -0.3 is 20.1 Å². The molecule has 1 heterocycles. The minimum absolute atomic E-state index is 0.0402. The first-order valence-corrected chi connectivity index (χ1v) is 7.42. The predicted octanol–water partition coefficient (Wildman–Crippen LogP) is 1.26. The van der Waals surface area contributed by atoms with Gasteiger partial charge in [-0.2, -0.15) is 0 Å². The van der Waals surface area contributed by atoms with Crippen molar-refractivity contribution in [2.75, 3.05) is 19.7 Å². The van der Waals surface area contributed by atoms with E-state index in [-0.39, 0.29) is 24.2 Å². The van der Waals surface area contributed by atoms with Crippen LogP contribution in [0.3, 0.4) is 0 Å². The zero-order chi connectivity index (χ0) is 15.2. The Kier molecular flexibility index (Phi) is 5.59. The summed E-state index contributed by atoms with van der Waals surface area (Å²) in [6, 6.07) is 7.60. The number of ether oxygens (including phenoxy) is 2. The highest BCUT2D eigenvalue weighted by atomic mass is 16.5. The number of benzene rings is 1. The highest BCUT2D eigenvalue weighted by Gasteiger charge is 2.28. The van der Waals surface area contributed by atoms with Crippen LogP contribution in [0.2, 0.25) is 0 Å². The van der Waals surface area contributed by atoms with E-state index in [1.54, 1.807) is 0 Å². The SMILES string of the molecule is Cc1ccc(OC(C)CNC(=O)[C@H]2NCCO[C@@H]2C)cc1. The van der Waals surface area contributed by atoms with Crippen LogP contribution in [0.4, 0.5) is 0 Å². The first-order chi connectivity index (χ1) is 10.1. The van der Waals surface area contributed by atoms with E-state index in [1.165, 1.54) is 5.56 Å². The van der Waals surface area contributed by atoms with Gasteiger partial charge in [0.25, 0.3) is 0 Å². The normalized spacial score (nSPS) is 23.4. The molecule has 0 spiro atoms. The van der Waals surface area contributed by atoms with Crippen molar-refractivity contribution in [1.29, 1.82) is 0 Å². The van der Waals surface area contributed by atoms with Crippen LogP contribution < -0.4 is 15.4 Å². The molecule has 5 nitrogen and oxygen atoms in total. The molecule has 3 atom stereocenters. The molecule has 1 aromatic rings. The average Bonchev–Trinajstić information content (AvgIpc) is 2.48. The second-order valence-electron chi connectivity index (χ2n) is 5.49. The van der Waals surface area contributed by atoms with Gasteiger partial charge in [0.2, 0.25) is 5.91 Å². The smallest absolute Gasteiger partial charge is 0.239 e. The molecule has 1 amide bonds. The van der Waals surface area contributed by atoms with Gasteiger partial charge in [-0.3, -0.25) is 4.79 Å². The zero-order valence-corrected chi connectivity index (χ0v) is 12.9. The maximum atomic E-state index is 12.1. The second kappa shape index (κ2) is 7.43. The summed E-state index contributed by atoms with van der Waals surface area (Å²) in [6.07, 6.45) is -0.191. The summed E-state index contributed by atoms with van der Waals surface area (Å²) < 4.78 is 11.2. The Morgan fingerprint density at radius 3 is 2.86 bits per heavy atom. The van der Waals surface area contributed by atoms with Crippen molar-refractivity contribution in [2.45, 2.75) is 39.0 Å². The number of aryl methyl sites for hydroxylation is 1. The molecule has 1 aliphatic rings. The van der Waals surface area contributed by atoms with E-state index in [0.29, 0.717) is 19.7 Å². The van der Waals surface area contributed by atoms with Crippen LogP contribution in [0, 0.1) is 6.92 Å². The van der Waals surface area contributed by atoms with Crippen LogP contribution in [0.15, 0.2) is 24.3 Å². The summed E-state index contributed by atoms with van der Waals surface area (Å²) in [4.78, 5) is 12.1. The minimum Gasteiger partial charge on any atom is -0.489 e. The molecule has 0 aromatic heterocycles. The number of morpholine rings is 1. The lowest BCUT2D eigenvalue weighted by Crippen LogP contribution is -2.56. The van der Waals surface area contributed by atoms with E-state index in [1.807, 2.05) is 45.0 Å². The lowest BCUT2D eigenvalue weighted by atomic mass is 10.1. The highest BCUT2D eigenvalue weighted by molar-refractivity contribution is 5.82. The molecule has 116 valence electrons. The largest absolute Gasteiger partial charge is 0.489 e. The molecule has 0 aliphatic carbocycles. The Morgan fingerprint density at radius 1 is 1.48 bits per heavy atom. The number of hydrogen-bond donors (Lipinski definition) is 2. The summed E-state index contributed by atoms with van der Waals surface area (Å²) in [5.74, 6) is 0.774. The summed E-state index contributed by atoms with van der Waals surface area (Å²) >= 11 is 0. The molecule has 1 aliphatic heterocycles. The molecule has 2 rings (SSSR count). The molecule has 21 heavy (non-hydrogen) atoms. The van der Waals surface area contributed by atoms with E-state index in [0.717, 1.165) is 5.75 Å². The number of amides is 1. The van der Waals surface area contributed by atoms with Gasteiger partial charge in [-0.15, -0.1) is 0 Å². The third-order valence-corrected chi connectivity index (χ3v) is 3.52. The number of carbonyl (C=O) groups is 1. The number of hydrogen-bond acceptors (Lipinski definition) is 4. The molecule has 2 N–H and O–H groups in total. The van der Waals surface area contributed by atoms with Gasteiger partial charge in [-0.05, 0) is 32.9 Å². The van der Waals surface area contributed by atoms with Crippen molar-refractivity contribution in [1.82, 2.24) is 10.6 Å². The zero-order valence-electron chi connectivity index (χ0n) is 12.9. The molecule has 0 radical (unpaired) electrons. The summed E-state index contributed by atoms with van der Waals surface area (Å²) in [7, 11) is 0. The van der Waals surface area contributed by atoms with Crippen LogP contribution in [-0.4, -0.2) is 43.9 Å². The van der Waals surface area contributed by atoms with Crippen molar-refractivity contribution < 1.29 is 14.3 Å². The van der Waals surface area contributed by atoms with Gasteiger partial charge in [0.1, 0.15) is 17.9 Å². The maximum absolute atomic E-state index is 12.1. The summed E-state index contributed by atoms with van der Waals surface area (Å²) in [5, 5.41) is 6.08. The van der Waals surface area contributed by atoms with Crippen molar-refractivity contribution in [3.63, 3.8) is 0 Å². The standard InChI is InChI=1S/C16H24N2O3/c1-11-4-6-14(7-5-11)21-12(2)10-18-16(19)15-13(3)20-9-8-17-15/h4-7,12-13,15,17H,8-10H2,1-3H3,(H,18,19)/t12?,13-,15+/m1/s1. The summed E-state index contributed by atoms with van der Waals surface area (Å²) in [5.41, 5.74) is 1.20. The molecule has 1 aromatic carbocycles. The van der Waals surface area contributed by atoms with Crippen LogP contribution in [0.1, 0.15) is 19.4 Å². The van der Waals surface area contributed by atoms with E-state index < -0.39 is 0 Å². The van der Waals surface area contributed by atoms with E-state index in [2.05, 4.69) is 10.6 Å². The number of nitrogens with one attached hydrogen (secondary N) is 2. The average molecular weight is 292 g/mol. The van der Waals surface area contributed by atoms with Gasteiger partial charge in [-0.25, -0.2) is 0 Å². The van der Waals surface area contributed by atoms with Gasteiger partial charge in [0, 0.05) is 6.54 Å². The van der Waals surface area contributed by atoms with Gasteiger partial charge in [-0.1, -0.05) is 17.7 Å². The third-order valence-electron chi connectivity index (χ3n) is 3.52. The molecule has 0 bridgehead atoms. The third kappa shape index (κ3) is 4.72. The lowest BCUT2D eigenvalue weighted by Gasteiger charge is -2.29. The quantitative estimate of drug-likeness (QED) is 0.857. The predicted molar refractivity (Wildman–Crippen MR) is 81.5 cm³/mol. The Bertz CT molecular complexity index is 461. The molecule has 5 heteroatoms. The Labute approximate surface area is 126 Å². The van der Waals surface area contributed by atoms with E-state index in [4.69, 9.17) is 9.47 Å². The van der Waals surface area contributed by atoms with Crippen molar-refractivity contribution >= 4 is 5.91 Å².